The van der Waals surface area contributed by atoms with E-state index in [-0.39, 0.29) is 18.7 Å². The van der Waals surface area contributed by atoms with Gasteiger partial charge in [-0.1, -0.05) is 36.4 Å². The van der Waals surface area contributed by atoms with Gasteiger partial charge in [-0.3, -0.25) is 4.79 Å². The molecule has 0 saturated carbocycles. The van der Waals surface area contributed by atoms with Crippen molar-refractivity contribution in [2.24, 2.45) is 7.05 Å². The standard InChI is InChI=1S/C24H28N4O4/c1-4-27(16-10-6-5-7-11-16)23(30)21-20-18-12-8-9-13-19(18)26(2)22(20)24(31)28(25-21)14-17(29)15-32-3/h5-13,17,23,29-30H,4,14-15H2,1-3H3/t17-,23?/m1/s1. The van der Waals surface area contributed by atoms with Crippen LogP contribution in [0.4, 0.5) is 5.69 Å². The minimum Gasteiger partial charge on any atom is -0.389 e. The molecular weight excluding hydrogens is 408 g/mol. The Morgan fingerprint density at radius 3 is 2.47 bits per heavy atom. The maximum Gasteiger partial charge on any atom is 0.291 e. The largest absolute Gasteiger partial charge is 0.389 e. The summed E-state index contributed by atoms with van der Waals surface area (Å²) in [6, 6.07) is 17.3. The van der Waals surface area contributed by atoms with Gasteiger partial charge in [0.2, 0.25) is 0 Å². The van der Waals surface area contributed by atoms with Crippen LogP contribution in [0.1, 0.15) is 18.8 Å². The van der Waals surface area contributed by atoms with Crippen molar-refractivity contribution in [2.45, 2.75) is 25.8 Å². The monoisotopic (exact) mass is 436 g/mol. The van der Waals surface area contributed by atoms with Crippen LogP contribution in [0.5, 0.6) is 0 Å². The van der Waals surface area contributed by atoms with E-state index in [1.165, 1.54) is 11.8 Å². The van der Waals surface area contributed by atoms with E-state index in [9.17, 15) is 15.0 Å². The van der Waals surface area contributed by atoms with Gasteiger partial charge in [-0.15, -0.1) is 0 Å². The summed E-state index contributed by atoms with van der Waals surface area (Å²) in [4.78, 5) is 15.2. The van der Waals surface area contributed by atoms with E-state index in [4.69, 9.17) is 4.74 Å². The summed E-state index contributed by atoms with van der Waals surface area (Å²) in [5.74, 6) is 0. The molecule has 2 atom stereocenters. The minimum atomic E-state index is -1.10. The number of aromatic nitrogens is 3. The van der Waals surface area contributed by atoms with E-state index in [1.807, 2.05) is 78.0 Å². The number of anilines is 1. The van der Waals surface area contributed by atoms with Crippen molar-refractivity contribution in [1.29, 1.82) is 0 Å². The first kappa shape index (κ1) is 22.0. The zero-order chi connectivity index (χ0) is 22.8. The van der Waals surface area contributed by atoms with Gasteiger partial charge < -0.3 is 24.4 Å². The predicted molar refractivity (Wildman–Crippen MR) is 125 cm³/mol. The second-order valence-electron chi connectivity index (χ2n) is 7.78. The van der Waals surface area contributed by atoms with Gasteiger partial charge >= 0.3 is 0 Å². The number of para-hydroxylation sites is 2. The SMILES string of the molecule is CCN(c1ccccc1)C(O)c1nn(C[C@@H](O)COC)c(=O)c2c1c1ccccc1n2C. The van der Waals surface area contributed by atoms with Crippen LogP contribution in [0.25, 0.3) is 21.8 Å². The molecule has 8 heteroatoms. The predicted octanol–water partition coefficient (Wildman–Crippen LogP) is 2.41. The number of aliphatic hydroxyl groups is 2. The number of aliphatic hydroxyl groups excluding tert-OH is 2. The lowest BCUT2D eigenvalue weighted by molar-refractivity contribution is 0.0499. The average Bonchev–Trinajstić information content (AvgIpc) is 3.10. The molecule has 2 aromatic carbocycles. The second kappa shape index (κ2) is 9.12. The fourth-order valence-electron chi connectivity index (χ4n) is 4.26. The Balaban J connectivity index is 1.98. The molecular formula is C24H28N4O4. The Morgan fingerprint density at radius 2 is 1.78 bits per heavy atom. The highest BCUT2D eigenvalue weighted by Gasteiger charge is 2.27. The van der Waals surface area contributed by atoms with Gasteiger partial charge in [0.15, 0.2) is 6.23 Å². The van der Waals surface area contributed by atoms with E-state index < -0.39 is 12.3 Å². The Labute approximate surface area is 185 Å². The maximum absolute atomic E-state index is 13.4. The number of aryl methyl sites for hydroxylation is 1. The van der Waals surface area contributed by atoms with Gasteiger partial charge in [-0.25, -0.2) is 4.68 Å². The van der Waals surface area contributed by atoms with Gasteiger partial charge in [-0.05, 0) is 25.1 Å². The molecule has 0 aliphatic rings. The summed E-state index contributed by atoms with van der Waals surface area (Å²) < 4.78 is 8.06. The summed E-state index contributed by atoms with van der Waals surface area (Å²) in [6.07, 6.45) is -2.00. The van der Waals surface area contributed by atoms with Crippen molar-refractivity contribution in [3.05, 3.63) is 70.6 Å². The molecule has 0 aliphatic carbocycles. The van der Waals surface area contributed by atoms with E-state index in [2.05, 4.69) is 5.10 Å². The van der Waals surface area contributed by atoms with E-state index in [0.29, 0.717) is 23.1 Å². The molecule has 0 spiro atoms. The fourth-order valence-corrected chi connectivity index (χ4v) is 4.26. The van der Waals surface area contributed by atoms with Crippen molar-refractivity contribution < 1.29 is 14.9 Å². The minimum absolute atomic E-state index is 0.0404. The third-order valence-corrected chi connectivity index (χ3v) is 5.74. The number of hydrogen-bond acceptors (Lipinski definition) is 6. The van der Waals surface area contributed by atoms with Crippen LogP contribution in [-0.2, 0) is 18.3 Å². The Bertz CT molecular complexity index is 1280. The van der Waals surface area contributed by atoms with Crippen LogP contribution >= 0.6 is 0 Å². The van der Waals surface area contributed by atoms with Crippen LogP contribution in [0.15, 0.2) is 59.4 Å². The molecule has 2 heterocycles. The topological polar surface area (TPSA) is 92.8 Å². The quantitative estimate of drug-likeness (QED) is 0.412. The van der Waals surface area contributed by atoms with Crippen LogP contribution in [0.2, 0.25) is 0 Å². The molecule has 4 aromatic rings. The zero-order valence-corrected chi connectivity index (χ0v) is 18.5. The highest BCUT2D eigenvalue weighted by Crippen LogP contribution is 2.33. The smallest absolute Gasteiger partial charge is 0.291 e. The average molecular weight is 437 g/mol. The molecule has 0 bridgehead atoms. The summed E-state index contributed by atoms with van der Waals surface area (Å²) in [6.45, 7) is 2.52. The molecule has 0 radical (unpaired) electrons. The van der Waals surface area contributed by atoms with Crippen LogP contribution < -0.4 is 10.5 Å². The lowest BCUT2D eigenvalue weighted by Gasteiger charge is -2.29. The van der Waals surface area contributed by atoms with Crippen molar-refractivity contribution in [3.63, 3.8) is 0 Å². The summed E-state index contributed by atoms with van der Waals surface area (Å²) in [5, 5.41) is 27.8. The Kier molecular flexibility index (Phi) is 6.27. The summed E-state index contributed by atoms with van der Waals surface area (Å²) in [7, 11) is 3.31. The highest BCUT2D eigenvalue weighted by atomic mass is 16.5. The second-order valence-corrected chi connectivity index (χ2v) is 7.78. The molecule has 2 aromatic heterocycles. The molecule has 0 fully saturated rings. The number of nitrogens with zero attached hydrogens (tertiary/aromatic N) is 4. The highest BCUT2D eigenvalue weighted by molar-refractivity contribution is 6.09. The van der Waals surface area contributed by atoms with Gasteiger partial charge in [-0.2, -0.15) is 5.10 Å². The van der Waals surface area contributed by atoms with Crippen LogP contribution in [0, 0.1) is 0 Å². The van der Waals surface area contributed by atoms with Gasteiger partial charge in [0, 0.05) is 42.7 Å². The number of methoxy groups -OCH3 is 1. The number of ether oxygens (including phenoxy) is 1. The van der Waals surface area contributed by atoms with E-state index in [0.717, 1.165) is 16.6 Å². The first-order valence-electron chi connectivity index (χ1n) is 10.6. The molecule has 4 rings (SSSR count). The molecule has 2 N–H and O–H groups in total. The van der Waals surface area contributed by atoms with Crippen molar-refractivity contribution >= 4 is 27.5 Å². The first-order chi connectivity index (χ1) is 15.5. The van der Waals surface area contributed by atoms with E-state index >= 15 is 0 Å². The summed E-state index contributed by atoms with van der Waals surface area (Å²) >= 11 is 0. The normalized spacial score (nSPS) is 13.5. The molecule has 32 heavy (non-hydrogen) atoms. The molecule has 8 nitrogen and oxygen atoms in total. The van der Waals surface area contributed by atoms with Crippen LogP contribution in [0.3, 0.4) is 0 Å². The Morgan fingerprint density at radius 1 is 1.09 bits per heavy atom. The van der Waals surface area contributed by atoms with Crippen molar-refractivity contribution in [3.8, 4) is 0 Å². The van der Waals surface area contributed by atoms with Crippen molar-refractivity contribution in [2.75, 3.05) is 25.2 Å². The number of fused-ring (bicyclic) bond motifs is 3. The maximum atomic E-state index is 13.4. The molecule has 1 unspecified atom stereocenters. The number of benzene rings is 2. The molecule has 0 saturated heterocycles. The molecule has 0 amide bonds. The molecule has 168 valence electrons. The number of rotatable bonds is 8. The van der Waals surface area contributed by atoms with Crippen LogP contribution in [-0.4, -0.2) is 50.9 Å². The third kappa shape index (κ3) is 3.77. The Hall–Kier alpha value is -3.20. The first-order valence-corrected chi connectivity index (χ1v) is 10.6. The lowest BCUT2D eigenvalue weighted by atomic mass is 10.1. The summed E-state index contributed by atoms with van der Waals surface area (Å²) in [5.41, 5.74) is 2.19. The van der Waals surface area contributed by atoms with E-state index in [1.54, 1.807) is 0 Å². The lowest BCUT2D eigenvalue weighted by Crippen LogP contribution is -2.35. The molecule has 0 aliphatic heterocycles. The van der Waals surface area contributed by atoms with Gasteiger partial charge in [0.1, 0.15) is 11.2 Å². The van der Waals surface area contributed by atoms with Crippen molar-refractivity contribution in [1.82, 2.24) is 14.3 Å². The zero-order valence-electron chi connectivity index (χ0n) is 18.5. The number of hydrogen-bond donors (Lipinski definition) is 2. The fraction of sp³-hybridized carbons (Fsp3) is 0.333. The third-order valence-electron chi connectivity index (χ3n) is 5.74. The van der Waals surface area contributed by atoms with Gasteiger partial charge in [0.05, 0.1) is 19.3 Å². The van der Waals surface area contributed by atoms with Gasteiger partial charge in [0.25, 0.3) is 5.56 Å².